The highest BCUT2D eigenvalue weighted by Crippen LogP contribution is 2.55. The molecule has 1 amide bonds. The molecule has 0 radical (unpaired) electrons. The summed E-state index contributed by atoms with van der Waals surface area (Å²) in [5, 5.41) is 6.98. The third-order valence-corrected chi connectivity index (χ3v) is 7.30. The van der Waals surface area contributed by atoms with E-state index >= 15 is 0 Å². The van der Waals surface area contributed by atoms with E-state index in [0.717, 1.165) is 43.2 Å². The van der Waals surface area contributed by atoms with Crippen molar-refractivity contribution in [3.05, 3.63) is 18.2 Å². The third kappa shape index (κ3) is 3.64. The van der Waals surface area contributed by atoms with Crippen LogP contribution in [-0.4, -0.2) is 52.1 Å². The van der Waals surface area contributed by atoms with Gasteiger partial charge in [0.15, 0.2) is 0 Å². The number of aromatic nitrogens is 2. The van der Waals surface area contributed by atoms with Crippen LogP contribution >= 0.6 is 12.4 Å². The predicted molar refractivity (Wildman–Crippen MR) is 107 cm³/mol. The quantitative estimate of drug-likeness (QED) is 0.819. The Morgan fingerprint density at radius 3 is 2.52 bits per heavy atom. The molecule has 0 aromatic carbocycles. The van der Waals surface area contributed by atoms with Gasteiger partial charge in [0, 0.05) is 44.6 Å². The number of imidazole rings is 1. The lowest BCUT2D eigenvalue weighted by Gasteiger charge is -2.57. The van der Waals surface area contributed by atoms with Crippen molar-refractivity contribution in [2.75, 3.05) is 26.2 Å². The number of nitrogens with zero attached hydrogens (tertiary/aromatic N) is 3. The second-order valence-corrected chi connectivity index (χ2v) is 9.33. The van der Waals surface area contributed by atoms with Crippen molar-refractivity contribution in [2.45, 2.75) is 50.1 Å². The van der Waals surface area contributed by atoms with Gasteiger partial charge in [0.05, 0.1) is 12.6 Å². The molecule has 1 aromatic heterocycles. The smallest absolute Gasteiger partial charge is 0.234 e. The maximum Gasteiger partial charge on any atom is 0.234 e. The maximum absolute atomic E-state index is 13.0. The van der Waals surface area contributed by atoms with Gasteiger partial charge >= 0.3 is 0 Å². The normalized spacial score (nSPS) is 37.8. The fraction of sp³-hybridized carbons (Fsp3) is 0.800. The number of halogens is 1. The van der Waals surface area contributed by atoms with Gasteiger partial charge in [0.25, 0.3) is 0 Å². The van der Waals surface area contributed by atoms with Crippen LogP contribution in [0.4, 0.5) is 0 Å². The summed E-state index contributed by atoms with van der Waals surface area (Å²) in [5.41, 5.74) is 0.110. The molecular formula is C20H32ClN5O. The highest BCUT2D eigenvalue weighted by molar-refractivity contribution is 5.85. The number of amides is 1. The molecule has 2 N–H and O–H groups in total. The van der Waals surface area contributed by atoms with E-state index in [4.69, 9.17) is 0 Å². The fourth-order valence-electron chi connectivity index (χ4n) is 6.67. The monoisotopic (exact) mass is 393 g/mol. The van der Waals surface area contributed by atoms with Crippen LogP contribution in [0.5, 0.6) is 0 Å². The summed E-state index contributed by atoms with van der Waals surface area (Å²) in [6, 6.07) is 0.172. The largest absolute Gasteiger partial charge is 0.350 e. The van der Waals surface area contributed by atoms with E-state index in [1.807, 2.05) is 19.4 Å². The zero-order chi connectivity index (χ0) is 17.7. The first kappa shape index (κ1) is 19.2. The van der Waals surface area contributed by atoms with E-state index in [0.29, 0.717) is 6.54 Å². The molecule has 5 aliphatic rings. The number of aryl methyl sites for hydroxylation is 1. The van der Waals surface area contributed by atoms with Gasteiger partial charge in [-0.2, -0.15) is 0 Å². The highest BCUT2D eigenvalue weighted by Gasteiger charge is 2.51. The van der Waals surface area contributed by atoms with Crippen LogP contribution in [-0.2, 0) is 11.8 Å². The Bertz CT molecular complexity index is 654. The van der Waals surface area contributed by atoms with Crippen molar-refractivity contribution in [3.63, 3.8) is 0 Å². The summed E-state index contributed by atoms with van der Waals surface area (Å²) in [4.78, 5) is 19.8. The SMILES string of the molecule is Cl.Cn1ccnc1C1CNCCN1CC(=O)NC12CC3CC(CC(C3)C1)C2. The molecule has 1 saturated heterocycles. The van der Waals surface area contributed by atoms with E-state index in [2.05, 4.69) is 25.1 Å². The molecule has 0 spiro atoms. The molecule has 4 aliphatic carbocycles. The topological polar surface area (TPSA) is 62.2 Å². The Kier molecular flexibility index (Phi) is 5.25. The second kappa shape index (κ2) is 7.37. The lowest BCUT2D eigenvalue weighted by Crippen LogP contribution is -2.61. The Labute approximate surface area is 167 Å². The number of hydrogen-bond acceptors (Lipinski definition) is 4. The minimum absolute atomic E-state index is 0. The minimum atomic E-state index is 0. The zero-order valence-electron chi connectivity index (χ0n) is 16.2. The molecule has 7 heteroatoms. The molecule has 5 fully saturated rings. The van der Waals surface area contributed by atoms with Gasteiger partial charge in [-0.15, -0.1) is 12.4 Å². The zero-order valence-corrected chi connectivity index (χ0v) is 17.0. The Balaban J connectivity index is 0.00000180. The van der Waals surface area contributed by atoms with Crippen LogP contribution in [0.25, 0.3) is 0 Å². The first-order valence-corrected chi connectivity index (χ1v) is 10.3. The first-order chi connectivity index (χ1) is 12.6. The van der Waals surface area contributed by atoms with Gasteiger partial charge in [0.1, 0.15) is 5.82 Å². The van der Waals surface area contributed by atoms with Crippen molar-refractivity contribution in [1.29, 1.82) is 0 Å². The van der Waals surface area contributed by atoms with Crippen LogP contribution < -0.4 is 10.6 Å². The molecule has 1 aromatic rings. The van der Waals surface area contributed by atoms with Gasteiger partial charge in [-0.05, 0) is 56.3 Å². The average molecular weight is 394 g/mol. The van der Waals surface area contributed by atoms with Crippen LogP contribution in [0.2, 0.25) is 0 Å². The van der Waals surface area contributed by atoms with Crippen molar-refractivity contribution in [3.8, 4) is 0 Å². The van der Waals surface area contributed by atoms with Crippen LogP contribution in [0, 0.1) is 17.8 Å². The van der Waals surface area contributed by atoms with Gasteiger partial charge in [0.2, 0.25) is 5.91 Å². The average Bonchev–Trinajstić information content (AvgIpc) is 2.99. The predicted octanol–water partition coefficient (Wildman–Crippen LogP) is 1.87. The molecule has 1 aliphatic heterocycles. The molecule has 150 valence electrons. The Hall–Kier alpha value is -1.11. The van der Waals surface area contributed by atoms with E-state index in [1.165, 1.54) is 38.5 Å². The summed E-state index contributed by atoms with van der Waals surface area (Å²) in [7, 11) is 2.03. The number of rotatable bonds is 4. The number of carbonyl (C=O) groups is 1. The summed E-state index contributed by atoms with van der Waals surface area (Å²) in [6.45, 7) is 3.17. The van der Waals surface area contributed by atoms with Crippen LogP contribution in [0.3, 0.4) is 0 Å². The molecule has 4 saturated carbocycles. The molecule has 6 nitrogen and oxygen atoms in total. The van der Waals surface area contributed by atoms with E-state index in [9.17, 15) is 4.79 Å². The maximum atomic E-state index is 13.0. The first-order valence-electron chi connectivity index (χ1n) is 10.3. The van der Waals surface area contributed by atoms with Gasteiger partial charge in [-0.1, -0.05) is 0 Å². The van der Waals surface area contributed by atoms with E-state index in [-0.39, 0.29) is 29.9 Å². The van der Waals surface area contributed by atoms with E-state index < -0.39 is 0 Å². The van der Waals surface area contributed by atoms with Crippen molar-refractivity contribution < 1.29 is 4.79 Å². The highest BCUT2D eigenvalue weighted by atomic mass is 35.5. The summed E-state index contributed by atoms with van der Waals surface area (Å²) < 4.78 is 2.07. The fourth-order valence-corrected chi connectivity index (χ4v) is 6.67. The Morgan fingerprint density at radius 1 is 1.26 bits per heavy atom. The number of piperazine rings is 1. The molecule has 2 heterocycles. The second-order valence-electron chi connectivity index (χ2n) is 9.33. The molecule has 1 unspecified atom stereocenters. The van der Waals surface area contributed by atoms with Crippen molar-refractivity contribution >= 4 is 18.3 Å². The number of carbonyl (C=O) groups excluding carboxylic acids is 1. The van der Waals surface area contributed by atoms with Crippen molar-refractivity contribution in [2.24, 2.45) is 24.8 Å². The number of hydrogen-bond donors (Lipinski definition) is 2. The van der Waals surface area contributed by atoms with Gasteiger partial charge in [-0.3, -0.25) is 9.69 Å². The van der Waals surface area contributed by atoms with Crippen LogP contribution in [0.15, 0.2) is 12.4 Å². The van der Waals surface area contributed by atoms with Crippen LogP contribution in [0.1, 0.15) is 50.4 Å². The summed E-state index contributed by atoms with van der Waals surface area (Å²) in [6.07, 6.45) is 11.7. The third-order valence-electron chi connectivity index (χ3n) is 7.30. The standard InChI is InChI=1S/C20H31N5O.ClH/c1-24-4-3-22-19(24)17-12-21-2-5-25(17)13-18(26)23-20-9-14-6-15(10-20)8-16(7-14)11-20;/h3-4,14-17,21H,2,5-13H2,1H3,(H,23,26);1H. The lowest BCUT2D eigenvalue weighted by atomic mass is 9.53. The Morgan fingerprint density at radius 2 is 1.93 bits per heavy atom. The van der Waals surface area contributed by atoms with Gasteiger partial charge < -0.3 is 15.2 Å². The summed E-state index contributed by atoms with van der Waals surface area (Å²) >= 11 is 0. The number of nitrogens with one attached hydrogen (secondary N) is 2. The van der Waals surface area contributed by atoms with E-state index in [1.54, 1.807) is 0 Å². The molecule has 6 rings (SSSR count). The molecule has 27 heavy (non-hydrogen) atoms. The van der Waals surface area contributed by atoms with Gasteiger partial charge in [-0.25, -0.2) is 4.98 Å². The molecule has 4 bridgehead atoms. The lowest BCUT2D eigenvalue weighted by molar-refractivity contribution is -0.128. The molecule has 1 atom stereocenters. The molecular weight excluding hydrogens is 362 g/mol. The summed E-state index contributed by atoms with van der Waals surface area (Å²) in [5.74, 6) is 3.84. The minimum Gasteiger partial charge on any atom is -0.350 e. The van der Waals surface area contributed by atoms with Crippen molar-refractivity contribution in [1.82, 2.24) is 25.1 Å².